The van der Waals surface area contributed by atoms with Crippen LogP contribution in [0, 0.1) is 12.8 Å². The Bertz CT molecular complexity index is 430. The van der Waals surface area contributed by atoms with Crippen LogP contribution < -0.4 is 10.1 Å². The van der Waals surface area contributed by atoms with E-state index in [0.29, 0.717) is 24.6 Å². The molecule has 112 valence electrons. The van der Waals surface area contributed by atoms with E-state index in [9.17, 15) is 4.79 Å². The molecule has 1 aromatic carbocycles. The molecular weight excluding hydrogens is 254 g/mol. The van der Waals surface area contributed by atoms with Crippen LogP contribution in [0.25, 0.3) is 0 Å². The van der Waals surface area contributed by atoms with Gasteiger partial charge in [-0.15, -0.1) is 0 Å². The minimum absolute atomic E-state index is 0.0767. The van der Waals surface area contributed by atoms with E-state index < -0.39 is 0 Å². The number of benzene rings is 1. The van der Waals surface area contributed by atoms with Gasteiger partial charge in [-0.05, 0) is 37.0 Å². The summed E-state index contributed by atoms with van der Waals surface area (Å²) in [6, 6.07) is 5.46. The van der Waals surface area contributed by atoms with Crippen LogP contribution in [-0.4, -0.2) is 32.8 Å². The minimum atomic E-state index is -0.0767. The molecule has 1 aromatic rings. The molecule has 0 heterocycles. The van der Waals surface area contributed by atoms with E-state index in [1.54, 1.807) is 13.2 Å². The highest BCUT2D eigenvalue weighted by Crippen LogP contribution is 2.18. The molecule has 1 amide bonds. The second-order valence-electron chi connectivity index (χ2n) is 5.26. The Morgan fingerprint density at radius 1 is 1.35 bits per heavy atom. The Kier molecular flexibility index (Phi) is 7.09. The predicted molar refractivity (Wildman–Crippen MR) is 80.3 cm³/mol. The lowest BCUT2D eigenvalue weighted by atomic mass is 10.1. The van der Waals surface area contributed by atoms with Gasteiger partial charge in [-0.2, -0.15) is 0 Å². The number of methoxy groups -OCH3 is 1. The van der Waals surface area contributed by atoms with Crippen LogP contribution in [-0.2, 0) is 4.74 Å². The Labute approximate surface area is 121 Å². The topological polar surface area (TPSA) is 47.6 Å². The van der Waals surface area contributed by atoms with Gasteiger partial charge in [0, 0.05) is 25.3 Å². The fourth-order valence-corrected chi connectivity index (χ4v) is 1.76. The van der Waals surface area contributed by atoms with Gasteiger partial charge in [-0.3, -0.25) is 4.79 Å². The molecule has 20 heavy (non-hydrogen) atoms. The second kappa shape index (κ2) is 8.59. The van der Waals surface area contributed by atoms with E-state index in [1.807, 2.05) is 19.1 Å². The van der Waals surface area contributed by atoms with Gasteiger partial charge in [0.1, 0.15) is 5.75 Å². The molecule has 1 rings (SSSR count). The highest BCUT2D eigenvalue weighted by Gasteiger charge is 2.07. The number of aryl methyl sites for hydroxylation is 1. The second-order valence-corrected chi connectivity index (χ2v) is 5.26. The summed E-state index contributed by atoms with van der Waals surface area (Å²) in [6.45, 7) is 8.25. The number of hydrogen-bond donors (Lipinski definition) is 1. The molecule has 0 bridgehead atoms. The molecule has 0 fully saturated rings. The molecule has 4 heteroatoms. The number of rotatable bonds is 8. The summed E-state index contributed by atoms with van der Waals surface area (Å²) in [4.78, 5) is 12.0. The van der Waals surface area contributed by atoms with E-state index in [2.05, 4.69) is 19.2 Å². The third-order valence-corrected chi connectivity index (χ3v) is 2.87. The summed E-state index contributed by atoms with van der Waals surface area (Å²) >= 11 is 0. The van der Waals surface area contributed by atoms with Crippen molar-refractivity contribution in [3.8, 4) is 5.75 Å². The van der Waals surface area contributed by atoms with Crippen LogP contribution in [0.5, 0.6) is 5.75 Å². The molecule has 0 saturated carbocycles. The number of amides is 1. The zero-order valence-corrected chi connectivity index (χ0v) is 12.9. The largest absolute Gasteiger partial charge is 0.496 e. The lowest BCUT2D eigenvalue weighted by Gasteiger charge is -2.09. The summed E-state index contributed by atoms with van der Waals surface area (Å²) in [7, 11) is 1.61. The van der Waals surface area contributed by atoms with Crippen molar-refractivity contribution in [3.63, 3.8) is 0 Å². The van der Waals surface area contributed by atoms with Crippen molar-refractivity contribution in [1.29, 1.82) is 0 Å². The van der Waals surface area contributed by atoms with Crippen LogP contribution in [0.1, 0.15) is 36.2 Å². The van der Waals surface area contributed by atoms with E-state index in [-0.39, 0.29) is 5.91 Å². The van der Waals surface area contributed by atoms with E-state index in [1.165, 1.54) is 0 Å². The van der Waals surface area contributed by atoms with Gasteiger partial charge in [-0.25, -0.2) is 0 Å². The maximum atomic E-state index is 12.0. The molecule has 0 aliphatic heterocycles. The molecule has 0 spiro atoms. The van der Waals surface area contributed by atoms with E-state index in [0.717, 1.165) is 24.3 Å². The zero-order valence-electron chi connectivity index (χ0n) is 12.9. The first-order valence-corrected chi connectivity index (χ1v) is 7.05. The van der Waals surface area contributed by atoms with Crippen molar-refractivity contribution >= 4 is 5.91 Å². The normalized spacial score (nSPS) is 10.7. The first-order chi connectivity index (χ1) is 9.54. The molecule has 0 saturated heterocycles. The van der Waals surface area contributed by atoms with Crippen molar-refractivity contribution in [2.24, 2.45) is 5.92 Å². The van der Waals surface area contributed by atoms with Crippen molar-refractivity contribution in [2.75, 3.05) is 26.9 Å². The Hall–Kier alpha value is -1.55. The standard InChI is InChI=1S/C16H25NO3/c1-12(2)11-20-9-5-8-17-16(18)14-7-6-13(3)15(10-14)19-4/h6-7,10,12H,5,8-9,11H2,1-4H3,(H,17,18). The Morgan fingerprint density at radius 2 is 2.10 bits per heavy atom. The fourth-order valence-electron chi connectivity index (χ4n) is 1.76. The van der Waals surface area contributed by atoms with Crippen LogP contribution in [0.3, 0.4) is 0 Å². The molecule has 1 N–H and O–H groups in total. The molecule has 0 aliphatic rings. The van der Waals surface area contributed by atoms with Gasteiger partial charge in [0.25, 0.3) is 5.91 Å². The molecule has 4 nitrogen and oxygen atoms in total. The van der Waals surface area contributed by atoms with Crippen molar-refractivity contribution in [2.45, 2.75) is 27.2 Å². The summed E-state index contributed by atoms with van der Waals surface area (Å²) < 4.78 is 10.7. The smallest absolute Gasteiger partial charge is 0.251 e. The Balaban J connectivity index is 2.32. The van der Waals surface area contributed by atoms with Gasteiger partial charge in [0.05, 0.1) is 7.11 Å². The number of carbonyl (C=O) groups excluding carboxylic acids is 1. The highest BCUT2D eigenvalue weighted by molar-refractivity contribution is 5.94. The summed E-state index contributed by atoms with van der Waals surface area (Å²) in [6.07, 6.45) is 0.821. The third kappa shape index (κ3) is 5.61. The lowest BCUT2D eigenvalue weighted by molar-refractivity contribution is 0.0924. The SMILES string of the molecule is COc1cc(C(=O)NCCCOCC(C)C)ccc1C. The quantitative estimate of drug-likeness (QED) is 0.744. The lowest BCUT2D eigenvalue weighted by Crippen LogP contribution is -2.25. The summed E-state index contributed by atoms with van der Waals surface area (Å²) in [5, 5.41) is 2.88. The van der Waals surface area contributed by atoms with E-state index in [4.69, 9.17) is 9.47 Å². The minimum Gasteiger partial charge on any atom is -0.496 e. The monoisotopic (exact) mass is 279 g/mol. The predicted octanol–water partition coefficient (Wildman–Crippen LogP) is 2.80. The molecule has 0 unspecified atom stereocenters. The highest BCUT2D eigenvalue weighted by atomic mass is 16.5. The summed E-state index contributed by atoms with van der Waals surface area (Å²) in [5.41, 5.74) is 1.64. The average Bonchev–Trinajstić information content (AvgIpc) is 2.42. The van der Waals surface area contributed by atoms with Crippen LogP contribution in [0.15, 0.2) is 18.2 Å². The van der Waals surface area contributed by atoms with Crippen molar-refractivity contribution < 1.29 is 14.3 Å². The van der Waals surface area contributed by atoms with Gasteiger partial charge in [0.15, 0.2) is 0 Å². The van der Waals surface area contributed by atoms with Crippen molar-refractivity contribution in [3.05, 3.63) is 29.3 Å². The van der Waals surface area contributed by atoms with Gasteiger partial charge in [-0.1, -0.05) is 19.9 Å². The number of carbonyl (C=O) groups is 1. The molecular formula is C16H25NO3. The van der Waals surface area contributed by atoms with Crippen LogP contribution in [0.4, 0.5) is 0 Å². The average molecular weight is 279 g/mol. The molecule has 0 radical (unpaired) electrons. The maximum absolute atomic E-state index is 12.0. The maximum Gasteiger partial charge on any atom is 0.251 e. The van der Waals surface area contributed by atoms with E-state index >= 15 is 0 Å². The first-order valence-electron chi connectivity index (χ1n) is 7.05. The summed E-state index contributed by atoms with van der Waals surface area (Å²) in [5.74, 6) is 1.20. The number of nitrogens with one attached hydrogen (secondary N) is 1. The van der Waals surface area contributed by atoms with Crippen LogP contribution >= 0.6 is 0 Å². The third-order valence-electron chi connectivity index (χ3n) is 2.87. The fraction of sp³-hybridized carbons (Fsp3) is 0.562. The van der Waals surface area contributed by atoms with Crippen LogP contribution in [0.2, 0.25) is 0 Å². The number of ether oxygens (including phenoxy) is 2. The molecule has 0 aromatic heterocycles. The molecule has 0 atom stereocenters. The van der Waals surface area contributed by atoms with Gasteiger partial charge >= 0.3 is 0 Å². The first kappa shape index (κ1) is 16.5. The van der Waals surface area contributed by atoms with Crippen molar-refractivity contribution in [1.82, 2.24) is 5.32 Å². The Morgan fingerprint density at radius 3 is 2.75 bits per heavy atom. The molecule has 0 aliphatic carbocycles. The van der Waals surface area contributed by atoms with Gasteiger partial charge in [0.2, 0.25) is 0 Å². The van der Waals surface area contributed by atoms with Gasteiger partial charge < -0.3 is 14.8 Å². The zero-order chi connectivity index (χ0) is 15.0. The number of hydrogen-bond acceptors (Lipinski definition) is 3.